The number of hydrogen-bond acceptors (Lipinski definition) is 2. The van der Waals surface area contributed by atoms with Crippen molar-refractivity contribution < 1.29 is 9.53 Å². The van der Waals surface area contributed by atoms with Gasteiger partial charge in [0.05, 0.1) is 12.7 Å². The molecule has 0 aliphatic carbocycles. The van der Waals surface area contributed by atoms with E-state index in [1.807, 2.05) is 57.2 Å². The lowest BCUT2D eigenvalue weighted by Gasteiger charge is -2.05. The Kier molecular flexibility index (Phi) is 4.70. The Balaban J connectivity index is 0.000000686. The van der Waals surface area contributed by atoms with Crippen LogP contribution in [0.2, 0.25) is 0 Å². The lowest BCUT2D eigenvalue weighted by molar-refractivity contribution is 0.0601. The molecule has 2 aromatic rings. The number of benzene rings is 2. The van der Waals surface area contributed by atoms with E-state index in [0.717, 1.165) is 10.9 Å². The van der Waals surface area contributed by atoms with Crippen LogP contribution in [0, 0.1) is 6.92 Å². The number of fused-ring (bicyclic) bond motifs is 1. The van der Waals surface area contributed by atoms with Gasteiger partial charge in [-0.15, -0.1) is 0 Å². The molecule has 2 aromatic carbocycles. The Morgan fingerprint density at radius 1 is 1.12 bits per heavy atom. The molecule has 0 aromatic heterocycles. The van der Waals surface area contributed by atoms with Gasteiger partial charge in [-0.1, -0.05) is 38.1 Å². The average molecular weight is 230 g/mol. The van der Waals surface area contributed by atoms with Gasteiger partial charge in [0.25, 0.3) is 0 Å². The van der Waals surface area contributed by atoms with Crippen molar-refractivity contribution in [2.24, 2.45) is 0 Å². The molecule has 17 heavy (non-hydrogen) atoms. The average Bonchev–Trinajstić information content (AvgIpc) is 2.40. The molecule has 2 nitrogen and oxygen atoms in total. The minimum Gasteiger partial charge on any atom is -0.465 e. The highest BCUT2D eigenvalue weighted by Crippen LogP contribution is 2.20. The van der Waals surface area contributed by atoms with Gasteiger partial charge in [0.1, 0.15) is 0 Å². The summed E-state index contributed by atoms with van der Waals surface area (Å²) in [5.41, 5.74) is 1.70. The summed E-state index contributed by atoms with van der Waals surface area (Å²) >= 11 is 0. The monoisotopic (exact) mass is 230 g/mol. The summed E-state index contributed by atoms with van der Waals surface area (Å²) in [5.74, 6) is -0.288. The third-order valence-electron chi connectivity index (χ3n) is 2.49. The Morgan fingerprint density at radius 2 is 1.76 bits per heavy atom. The molecule has 2 rings (SSSR count). The summed E-state index contributed by atoms with van der Waals surface area (Å²) in [4.78, 5) is 11.4. The van der Waals surface area contributed by atoms with Crippen LogP contribution in [0.4, 0.5) is 0 Å². The Bertz CT molecular complexity index is 515. The topological polar surface area (TPSA) is 26.3 Å². The Labute approximate surface area is 102 Å². The second kappa shape index (κ2) is 6.04. The second-order valence-corrected chi connectivity index (χ2v) is 3.51. The summed E-state index contributed by atoms with van der Waals surface area (Å²) in [6.45, 7) is 5.99. The van der Waals surface area contributed by atoms with Gasteiger partial charge < -0.3 is 4.74 Å². The molecule has 0 N–H and O–H groups in total. The van der Waals surface area contributed by atoms with Crippen molar-refractivity contribution in [2.45, 2.75) is 20.8 Å². The molecular formula is C15H18O2. The molecule has 0 aliphatic heterocycles. The van der Waals surface area contributed by atoms with E-state index in [-0.39, 0.29) is 5.97 Å². The molecule has 0 amide bonds. The largest absolute Gasteiger partial charge is 0.465 e. The number of methoxy groups -OCH3 is 1. The van der Waals surface area contributed by atoms with Gasteiger partial charge in [-0.2, -0.15) is 0 Å². The highest BCUT2D eigenvalue weighted by molar-refractivity contribution is 5.96. The normalized spacial score (nSPS) is 9.41. The van der Waals surface area contributed by atoms with Crippen LogP contribution in [-0.4, -0.2) is 13.1 Å². The van der Waals surface area contributed by atoms with Crippen LogP contribution >= 0.6 is 0 Å². The highest BCUT2D eigenvalue weighted by Gasteiger charge is 2.07. The number of carbonyl (C=O) groups excluding carboxylic acids is 1. The van der Waals surface area contributed by atoms with E-state index in [0.29, 0.717) is 5.56 Å². The maximum absolute atomic E-state index is 11.4. The molecule has 90 valence electrons. The van der Waals surface area contributed by atoms with Crippen molar-refractivity contribution in [1.29, 1.82) is 0 Å². The molecular weight excluding hydrogens is 212 g/mol. The smallest absolute Gasteiger partial charge is 0.337 e. The molecule has 0 atom stereocenters. The second-order valence-electron chi connectivity index (χ2n) is 3.51. The molecule has 0 radical (unpaired) electrons. The van der Waals surface area contributed by atoms with E-state index in [1.54, 1.807) is 0 Å². The van der Waals surface area contributed by atoms with Crippen LogP contribution < -0.4 is 0 Å². The highest BCUT2D eigenvalue weighted by atomic mass is 16.5. The number of ether oxygens (including phenoxy) is 1. The van der Waals surface area contributed by atoms with Crippen LogP contribution in [0.25, 0.3) is 10.8 Å². The molecule has 0 spiro atoms. The quantitative estimate of drug-likeness (QED) is 0.693. The molecule has 0 saturated heterocycles. The fourth-order valence-electron chi connectivity index (χ4n) is 1.74. The van der Waals surface area contributed by atoms with E-state index < -0.39 is 0 Å². The van der Waals surface area contributed by atoms with Crippen molar-refractivity contribution in [3.63, 3.8) is 0 Å². The van der Waals surface area contributed by atoms with Crippen LogP contribution in [-0.2, 0) is 4.74 Å². The van der Waals surface area contributed by atoms with Crippen LogP contribution in [0.5, 0.6) is 0 Å². The summed E-state index contributed by atoms with van der Waals surface area (Å²) in [6.07, 6.45) is 0. The van der Waals surface area contributed by atoms with Crippen molar-refractivity contribution in [3.8, 4) is 0 Å². The van der Waals surface area contributed by atoms with Crippen LogP contribution in [0.3, 0.4) is 0 Å². The number of esters is 1. The molecule has 0 saturated carbocycles. The van der Waals surface area contributed by atoms with Gasteiger partial charge in [-0.25, -0.2) is 4.79 Å². The van der Waals surface area contributed by atoms with E-state index in [2.05, 4.69) is 0 Å². The predicted molar refractivity (Wildman–Crippen MR) is 71.4 cm³/mol. The van der Waals surface area contributed by atoms with E-state index >= 15 is 0 Å². The molecule has 0 bridgehead atoms. The molecule has 0 unspecified atom stereocenters. The number of hydrogen-bond donors (Lipinski definition) is 0. The molecule has 0 heterocycles. The number of carbonyl (C=O) groups is 1. The minimum atomic E-state index is -0.288. The zero-order valence-electron chi connectivity index (χ0n) is 10.8. The SMILES string of the molecule is CC.COC(=O)c1cc(C)c2ccccc2c1. The lowest BCUT2D eigenvalue weighted by atomic mass is 10.0. The predicted octanol–water partition coefficient (Wildman–Crippen LogP) is 3.96. The van der Waals surface area contributed by atoms with Gasteiger partial charge in [-0.3, -0.25) is 0 Å². The summed E-state index contributed by atoms with van der Waals surface area (Å²) in [7, 11) is 1.40. The third kappa shape index (κ3) is 2.84. The van der Waals surface area contributed by atoms with E-state index in [9.17, 15) is 4.79 Å². The Morgan fingerprint density at radius 3 is 2.41 bits per heavy atom. The van der Waals surface area contributed by atoms with Crippen LogP contribution in [0.15, 0.2) is 36.4 Å². The first-order valence-corrected chi connectivity index (χ1v) is 5.80. The number of rotatable bonds is 1. The Hall–Kier alpha value is -1.83. The van der Waals surface area contributed by atoms with Crippen molar-refractivity contribution >= 4 is 16.7 Å². The minimum absolute atomic E-state index is 0.288. The maximum Gasteiger partial charge on any atom is 0.337 e. The van der Waals surface area contributed by atoms with Crippen molar-refractivity contribution in [2.75, 3.05) is 7.11 Å². The summed E-state index contributed by atoms with van der Waals surface area (Å²) in [6, 6.07) is 11.7. The lowest BCUT2D eigenvalue weighted by Crippen LogP contribution is -2.01. The van der Waals surface area contributed by atoms with E-state index in [4.69, 9.17) is 4.74 Å². The van der Waals surface area contributed by atoms with Crippen molar-refractivity contribution in [3.05, 3.63) is 47.5 Å². The first kappa shape index (κ1) is 13.2. The first-order valence-electron chi connectivity index (χ1n) is 5.80. The standard InChI is InChI=1S/C13H12O2.C2H6/c1-9-7-11(13(14)15-2)8-10-5-3-4-6-12(9)10;1-2/h3-8H,1-2H3;1-2H3. The molecule has 0 aliphatic rings. The molecule has 2 heteroatoms. The van der Waals surface area contributed by atoms with E-state index in [1.165, 1.54) is 12.5 Å². The summed E-state index contributed by atoms with van der Waals surface area (Å²) < 4.78 is 4.70. The zero-order chi connectivity index (χ0) is 12.8. The fraction of sp³-hybridized carbons (Fsp3) is 0.267. The number of aryl methyl sites for hydroxylation is 1. The van der Waals surface area contributed by atoms with Gasteiger partial charge >= 0.3 is 5.97 Å². The fourth-order valence-corrected chi connectivity index (χ4v) is 1.74. The van der Waals surface area contributed by atoms with Crippen molar-refractivity contribution in [1.82, 2.24) is 0 Å². The van der Waals surface area contributed by atoms with Gasteiger partial charge in [0.2, 0.25) is 0 Å². The van der Waals surface area contributed by atoms with Crippen LogP contribution in [0.1, 0.15) is 29.8 Å². The maximum atomic E-state index is 11.4. The first-order chi connectivity index (χ1) is 8.22. The third-order valence-corrected chi connectivity index (χ3v) is 2.49. The van der Waals surface area contributed by atoms with Gasteiger partial charge in [0.15, 0.2) is 0 Å². The molecule has 0 fully saturated rings. The summed E-state index contributed by atoms with van der Waals surface area (Å²) in [5, 5.41) is 2.24. The van der Waals surface area contributed by atoms with Gasteiger partial charge in [-0.05, 0) is 35.4 Å². The zero-order valence-corrected chi connectivity index (χ0v) is 10.8. The van der Waals surface area contributed by atoms with Gasteiger partial charge in [0, 0.05) is 0 Å².